The lowest BCUT2D eigenvalue weighted by atomic mass is 11.9. The van der Waals surface area contributed by atoms with Crippen LogP contribution < -0.4 is 0 Å². The van der Waals surface area contributed by atoms with Crippen molar-refractivity contribution in [1.29, 1.82) is 0 Å². The molecule has 0 fully saturated rings. The molecule has 0 amide bonds. The van der Waals surface area contributed by atoms with E-state index in [1.54, 1.807) is 0 Å². The maximum absolute atomic E-state index is 2.77. The maximum Gasteiger partial charge on any atom is 0.372 e. The third-order valence-electron chi connectivity index (χ3n) is 1.56. The summed E-state index contributed by atoms with van der Waals surface area (Å²) in [4.78, 5) is 0. The lowest BCUT2D eigenvalue weighted by molar-refractivity contribution is 0.974. The van der Waals surface area contributed by atoms with Crippen molar-refractivity contribution < 1.29 is 0 Å². The molecule has 0 aliphatic heterocycles. The van der Waals surface area contributed by atoms with E-state index in [1.807, 2.05) is 0 Å². The van der Waals surface area contributed by atoms with Gasteiger partial charge in [0.1, 0.15) is 0 Å². The summed E-state index contributed by atoms with van der Waals surface area (Å²) < 4.78 is 5.53. The van der Waals surface area contributed by atoms with Crippen LogP contribution in [0.3, 0.4) is 0 Å². The minimum Gasteiger partial charge on any atom is -0.558 e. The van der Waals surface area contributed by atoms with Gasteiger partial charge in [-0.2, -0.15) is 0 Å². The molecule has 0 unspecified atom stereocenters. The van der Waals surface area contributed by atoms with Gasteiger partial charge in [0.05, 0.1) is 0 Å². The lowest BCUT2D eigenvalue weighted by Crippen LogP contribution is -2.41. The quantitative estimate of drug-likeness (QED) is 0.440. The second-order valence-electron chi connectivity index (χ2n) is 2.49. The van der Waals surface area contributed by atoms with Gasteiger partial charge in [-0.1, -0.05) is 11.6 Å². The lowest BCUT2D eigenvalue weighted by Gasteiger charge is -2.22. The Bertz CT molecular complexity index is 62.0. The maximum atomic E-state index is 2.77. The predicted molar refractivity (Wildman–Crippen MR) is 53.9 cm³/mol. The molecule has 0 aliphatic rings. The molecule has 9 heavy (non-hydrogen) atoms. The first-order valence-corrected chi connectivity index (χ1v) is 10.7. The average molecular weight is 200 g/mol. The van der Waals surface area contributed by atoms with Crippen LogP contribution in [0.15, 0.2) is 0 Å². The highest BCUT2D eigenvalue weighted by Crippen LogP contribution is 1.76. The van der Waals surface area contributed by atoms with Crippen LogP contribution in [0.1, 0.15) is 0 Å². The van der Waals surface area contributed by atoms with Crippen molar-refractivity contribution in [2.24, 2.45) is 0 Å². The summed E-state index contributed by atoms with van der Waals surface area (Å²) in [5.74, 6) is 4.82. The van der Waals surface area contributed by atoms with Gasteiger partial charge in [-0.25, -0.2) is 0 Å². The Morgan fingerprint density at radius 1 is 1.00 bits per heavy atom. The van der Waals surface area contributed by atoms with Gasteiger partial charge >= 0.3 is 15.7 Å². The number of hydrogen-bond acceptors (Lipinski definition) is 2. The SMILES string of the molecule is [CH3][AlH][N]([AlH2])[AlH][N]([AlH2])[AlH][CH3]. The second kappa shape index (κ2) is 7.24. The molecule has 0 aliphatic carbocycles. The Kier molecular flexibility index (Phi) is 9.32. The van der Waals surface area contributed by atoms with E-state index in [4.69, 9.17) is 0 Å². The van der Waals surface area contributed by atoms with Gasteiger partial charge in [0.15, 0.2) is 0 Å². The molecular weight excluding hydrogens is 187 g/mol. The van der Waals surface area contributed by atoms with Crippen molar-refractivity contribution in [2.45, 2.75) is 11.6 Å². The third-order valence-corrected chi connectivity index (χ3v) is 14.1. The van der Waals surface area contributed by atoms with E-state index < -0.39 is 0 Å². The van der Waals surface area contributed by atoms with E-state index in [9.17, 15) is 0 Å². The van der Waals surface area contributed by atoms with Crippen molar-refractivity contribution in [1.82, 2.24) is 3.70 Å². The van der Waals surface area contributed by atoms with E-state index in [0.29, 0.717) is 0 Å². The molecule has 0 bridgehead atoms. The molecule has 46 valence electrons. The fourth-order valence-corrected chi connectivity index (χ4v) is 12.9. The zero-order valence-electron chi connectivity index (χ0n) is 7.02. The number of rotatable bonds is 4. The Balaban J connectivity index is 3.22. The van der Waals surface area contributed by atoms with Crippen molar-refractivity contribution in [3.8, 4) is 0 Å². The summed E-state index contributed by atoms with van der Waals surface area (Å²) in [5, 5.41) is 0. The molecule has 0 radical (unpaired) electrons. The van der Waals surface area contributed by atoms with Crippen molar-refractivity contribution in [2.75, 3.05) is 0 Å². The van der Waals surface area contributed by atoms with Gasteiger partial charge in [-0.3, -0.25) is 0 Å². The smallest absolute Gasteiger partial charge is 0.372 e. The first kappa shape index (κ1) is 11.6. The highest BCUT2D eigenvalue weighted by atomic mass is 27.3. The molecule has 0 aromatic rings. The molecule has 0 N–H and O–H groups in total. The third kappa shape index (κ3) is 6.96. The highest BCUT2D eigenvalue weighted by molar-refractivity contribution is 6.67. The van der Waals surface area contributed by atoms with Gasteiger partial charge < -0.3 is 3.70 Å². The standard InChI is InChI=1S/2CH3.5Al.2N.7H/h2*1H3;;;;;;;;;;;;;;. The van der Waals surface area contributed by atoms with Crippen LogP contribution >= 0.6 is 0 Å². The Morgan fingerprint density at radius 3 is 1.56 bits per heavy atom. The summed E-state index contributed by atoms with van der Waals surface area (Å²) in [7, 11) is 0. The van der Waals surface area contributed by atoms with E-state index >= 15 is 0 Å². The van der Waals surface area contributed by atoms with Crippen molar-refractivity contribution in [3.05, 3.63) is 0 Å². The predicted octanol–water partition coefficient (Wildman–Crippen LogP) is -3.25. The summed E-state index contributed by atoms with van der Waals surface area (Å²) in [6, 6.07) is 0. The van der Waals surface area contributed by atoms with Crippen LogP contribution in [-0.2, 0) is 0 Å². The van der Waals surface area contributed by atoms with Crippen LogP contribution in [0.5, 0.6) is 0 Å². The average Bonchev–Trinajstić information content (AvgIpc) is 1.87. The summed E-state index contributed by atoms with van der Waals surface area (Å²) in [5.41, 5.74) is 0. The number of hydrogen-bond donors (Lipinski definition) is 0. The molecule has 0 saturated carbocycles. The minimum absolute atomic E-state index is 0.174. The first-order valence-electron chi connectivity index (χ1n) is 3.57. The van der Waals surface area contributed by atoms with Crippen LogP contribution in [0.4, 0.5) is 0 Å². The Labute approximate surface area is 93.6 Å². The monoisotopic (exact) mass is 200 g/mol. The van der Waals surface area contributed by atoms with Gasteiger partial charge in [-0.15, -0.1) is 0 Å². The summed E-state index contributed by atoms with van der Waals surface area (Å²) in [6.45, 7) is 0. The highest BCUT2D eigenvalue weighted by Gasteiger charge is 2.03. The summed E-state index contributed by atoms with van der Waals surface area (Å²) in [6.07, 6.45) is 0. The molecule has 0 aromatic carbocycles. The van der Waals surface area contributed by atoms with Gasteiger partial charge in [0.2, 0.25) is 0 Å². The minimum atomic E-state index is 0.174. The molecule has 7 heteroatoms. The second-order valence-corrected chi connectivity index (χ2v) is 17.7. The normalized spacial score (nSPS) is 9.78. The Morgan fingerprint density at radius 2 is 1.33 bits per heavy atom. The van der Waals surface area contributed by atoms with E-state index in [1.165, 1.54) is 33.0 Å². The fraction of sp³-hybridized carbons (Fsp3) is 1.00. The number of nitrogens with zero attached hydrogens (tertiary/aromatic N) is 2. The van der Waals surface area contributed by atoms with Crippen LogP contribution in [0.25, 0.3) is 0 Å². The molecule has 0 spiro atoms. The van der Waals surface area contributed by atoms with Crippen LogP contribution in [0.2, 0.25) is 11.6 Å². The molecule has 0 heterocycles. The Hall–Kier alpha value is 2.58. The van der Waals surface area contributed by atoms with Gasteiger partial charge in [0, 0.05) is 0 Å². The molecule has 0 saturated heterocycles. The molecule has 0 rings (SSSR count). The zero-order valence-corrected chi connectivity index (χ0v) is 15.3. The van der Waals surface area contributed by atoms with Crippen molar-refractivity contribution >= 4 is 79.6 Å². The topological polar surface area (TPSA) is 6.48 Å². The fourth-order valence-electron chi connectivity index (χ4n) is 0.612. The van der Waals surface area contributed by atoms with Crippen molar-refractivity contribution in [3.63, 3.8) is 0 Å². The van der Waals surface area contributed by atoms with Gasteiger partial charge in [-0.05, 0) is 0 Å². The molecular formula is C2H13Al5N2. The first-order chi connectivity index (χ1) is 4.20. The van der Waals surface area contributed by atoms with Crippen LogP contribution in [-0.4, -0.2) is 83.3 Å². The van der Waals surface area contributed by atoms with Crippen LogP contribution in [0, 0.1) is 0 Å². The zero-order chi connectivity index (χ0) is 7.28. The van der Waals surface area contributed by atoms with Gasteiger partial charge in [0.25, 0.3) is 63.9 Å². The molecule has 0 aromatic heterocycles. The van der Waals surface area contributed by atoms with E-state index in [-0.39, 0.29) is 46.5 Å². The van der Waals surface area contributed by atoms with E-state index in [0.717, 1.165) is 0 Å². The van der Waals surface area contributed by atoms with E-state index in [2.05, 4.69) is 15.3 Å². The molecule has 2 nitrogen and oxygen atoms in total. The largest absolute Gasteiger partial charge is 0.558 e. The summed E-state index contributed by atoms with van der Waals surface area (Å²) >= 11 is 3.37. The molecule has 0 atom stereocenters.